The van der Waals surface area contributed by atoms with E-state index in [-0.39, 0.29) is 35.4 Å². The molecule has 0 unspecified atom stereocenters. The van der Waals surface area contributed by atoms with Gasteiger partial charge in [-0.05, 0) is 68.1 Å². The Kier molecular flexibility index (Phi) is 5.37. The fraction of sp³-hybridized carbons (Fsp3) is 0.261. The average Bonchev–Trinajstić information content (AvgIpc) is 2.97. The second-order valence-corrected chi connectivity index (χ2v) is 9.70. The Balaban J connectivity index is 1.80. The van der Waals surface area contributed by atoms with Crippen molar-refractivity contribution in [1.82, 2.24) is 9.78 Å². The number of rotatable bonds is 4. The molecule has 9 heteroatoms. The van der Waals surface area contributed by atoms with E-state index in [0.717, 1.165) is 11.1 Å². The minimum absolute atomic E-state index is 0.0623. The molecule has 1 amide bonds. The van der Waals surface area contributed by atoms with Crippen LogP contribution in [0.1, 0.15) is 40.0 Å². The summed E-state index contributed by atoms with van der Waals surface area (Å²) in [6, 6.07) is 10.4. The highest BCUT2D eigenvalue weighted by molar-refractivity contribution is 7.92. The number of hydrogen-bond acceptors (Lipinski definition) is 5. The molecule has 0 aliphatic carbocycles. The highest BCUT2D eigenvalue weighted by Crippen LogP contribution is 2.35. The zero-order valence-electron chi connectivity index (χ0n) is 18.3. The number of anilines is 2. The molecule has 166 valence electrons. The molecular formula is C23H24N4O4S. The summed E-state index contributed by atoms with van der Waals surface area (Å²) in [5, 5.41) is 7.03. The molecule has 0 fully saturated rings. The molecule has 2 N–H and O–H groups in total. The van der Waals surface area contributed by atoms with E-state index in [1.165, 1.54) is 4.68 Å². The molecule has 0 radical (unpaired) electrons. The van der Waals surface area contributed by atoms with Gasteiger partial charge < -0.3 is 5.32 Å². The van der Waals surface area contributed by atoms with Gasteiger partial charge in [-0.2, -0.15) is 9.78 Å². The van der Waals surface area contributed by atoms with E-state index < -0.39 is 10.0 Å². The summed E-state index contributed by atoms with van der Waals surface area (Å²) in [5.41, 5.74) is 4.69. The molecule has 0 bridgehead atoms. The van der Waals surface area contributed by atoms with Crippen LogP contribution in [0, 0.1) is 27.7 Å². The smallest absolute Gasteiger partial charge is 0.262 e. The number of nitrogens with zero attached hydrogens (tertiary/aromatic N) is 2. The highest BCUT2D eigenvalue weighted by Gasteiger charge is 2.27. The van der Waals surface area contributed by atoms with Crippen molar-refractivity contribution in [3.05, 3.63) is 58.8 Å². The monoisotopic (exact) mass is 452 g/mol. The first-order valence-corrected chi connectivity index (χ1v) is 11.7. The van der Waals surface area contributed by atoms with Gasteiger partial charge in [-0.15, -0.1) is 0 Å². The summed E-state index contributed by atoms with van der Waals surface area (Å²) in [5.74, 6) is -0.303. The summed E-state index contributed by atoms with van der Waals surface area (Å²) in [6.07, 6.45) is 0.140. The van der Waals surface area contributed by atoms with Gasteiger partial charge in [0.05, 0.1) is 10.6 Å². The number of amides is 1. The van der Waals surface area contributed by atoms with Gasteiger partial charge >= 0.3 is 0 Å². The summed E-state index contributed by atoms with van der Waals surface area (Å²) in [6.45, 7) is 7.32. The van der Waals surface area contributed by atoms with Gasteiger partial charge in [-0.3, -0.25) is 14.3 Å². The number of nitrogens with one attached hydrogen (secondary N) is 2. The lowest BCUT2D eigenvalue weighted by atomic mass is 10.0. The first-order chi connectivity index (χ1) is 15.1. The standard InChI is InChI=1S/C23H24N4O4S/c1-13-6-8-18(11-15(13)3)26-32(30,31)19-12-17(7-5-14(19)2)22-16(4)25-27-21(29)10-9-20(28)24-23(22)27/h5-8,11-12,26H,9-10H2,1-4H3,(H,24,28). The first-order valence-electron chi connectivity index (χ1n) is 10.2. The third kappa shape index (κ3) is 3.91. The number of aryl methyl sites for hydroxylation is 4. The maximum absolute atomic E-state index is 13.2. The number of hydrogen-bond donors (Lipinski definition) is 2. The van der Waals surface area contributed by atoms with E-state index >= 15 is 0 Å². The molecule has 1 aliphatic heterocycles. The molecule has 1 aliphatic rings. The Bertz CT molecular complexity index is 1370. The minimum atomic E-state index is -3.88. The number of aromatic nitrogens is 2. The van der Waals surface area contributed by atoms with Crippen molar-refractivity contribution in [3.8, 4) is 11.1 Å². The number of benzene rings is 2. The van der Waals surface area contributed by atoms with Crippen LogP contribution in [0.5, 0.6) is 0 Å². The third-order valence-electron chi connectivity index (χ3n) is 5.65. The SMILES string of the molecule is Cc1ccc(NS(=O)(=O)c2cc(-c3c(C)nn4c3NC(=O)CCC4=O)ccc2C)cc1C. The molecule has 2 heterocycles. The van der Waals surface area contributed by atoms with Gasteiger partial charge in [0, 0.05) is 24.1 Å². The van der Waals surface area contributed by atoms with Crippen LogP contribution in [0.25, 0.3) is 11.1 Å². The van der Waals surface area contributed by atoms with Crippen molar-refractivity contribution in [3.63, 3.8) is 0 Å². The van der Waals surface area contributed by atoms with Crippen molar-refractivity contribution < 1.29 is 18.0 Å². The molecule has 0 saturated carbocycles. The van der Waals surface area contributed by atoms with E-state index in [4.69, 9.17) is 0 Å². The van der Waals surface area contributed by atoms with Gasteiger partial charge in [-0.25, -0.2) is 8.42 Å². The zero-order chi connectivity index (χ0) is 23.2. The van der Waals surface area contributed by atoms with Gasteiger partial charge in [0.1, 0.15) is 5.82 Å². The van der Waals surface area contributed by atoms with E-state index in [0.29, 0.717) is 28.1 Å². The lowest BCUT2D eigenvalue weighted by Crippen LogP contribution is -2.15. The number of carbonyl (C=O) groups is 2. The third-order valence-corrected chi connectivity index (χ3v) is 7.17. The van der Waals surface area contributed by atoms with Crippen molar-refractivity contribution in [2.75, 3.05) is 10.0 Å². The average molecular weight is 453 g/mol. The molecule has 2 aromatic carbocycles. The van der Waals surface area contributed by atoms with Gasteiger partial charge in [0.2, 0.25) is 11.8 Å². The molecule has 8 nitrogen and oxygen atoms in total. The van der Waals surface area contributed by atoms with Crippen LogP contribution in [-0.4, -0.2) is 30.0 Å². The Hall–Kier alpha value is -3.46. The number of carbonyl (C=O) groups excluding carboxylic acids is 2. The zero-order valence-corrected chi connectivity index (χ0v) is 19.1. The van der Waals surface area contributed by atoms with E-state index in [9.17, 15) is 18.0 Å². The fourth-order valence-electron chi connectivity index (χ4n) is 3.75. The van der Waals surface area contributed by atoms with E-state index in [1.54, 1.807) is 44.2 Å². The topological polar surface area (TPSA) is 110 Å². The highest BCUT2D eigenvalue weighted by atomic mass is 32.2. The van der Waals surface area contributed by atoms with Crippen LogP contribution in [-0.2, 0) is 14.8 Å². The van der Waals surface area contributed by atoms with Crippen LogP contribution in [0.4, 0.5) is 11.5 Å². The van der Waals surface area contributed by atoms with Crippen molar-refractivity contribution in [2.24, 2.45) is 0 Å². The second-order valence-electron chi connectivity index (χ2n) is 8.05. The van der Waals surface area contributed by atoms with Gasteiger partial charge in [-0.1, -0.05) is 18.2 Å². The summed E-state index contributed by atoms with van der Waals surface area (Å²) >= 11 is 0. The Morgan fingerprint density at radius 2 is 1.66 bits per heavy atom. The largest absolute Gasteiger partial charge is 0.310 e. The lowest BCUT2D eigenvalue weighted by Gasteiger charge is -2.14. The number of sulfonamides is 1. The van der Waals surface area contributed by atoms with Crippen LogP contribution in [0.2, 0.25) is 0 Å². The van der Waals surface area contributed by atoms with Crippen LogP contribution in [0.15, 0.2) is 41.3 Å². The van der Waals surface area contributed by atoms with Crippen LogP contribution < -0.4 is 10.0 Å². The maximum atomic E-state index is 13.2. The maximum Gasteiger partial charge on any atom is 0.262 e. The Morgan fingerprint density at radius 1 is 0.938 bits per heavy atom. The second kappa shape index (κ2) is 7.90. The van der Waals surface area contributed by atoms with Crippen molar-refractivity contribution >= 4 is 33.3 Å². The van der Waals surface area contributed by atoms with Gasteiger partial charge in [0.25, 0.3) is 10.0 Å². The van der Waals surface area contributed by atoms with Gasteiger partial charge in [0.15, 0.2) is 0 Å². The molecule has 0 saturated heterocycles. The molecule has 0 spiro atoms. The predicted molar refractivity (Wildman–Crippen MR) is 122 cm³/mol. The molecule has 4 rings (SSSR count). The quantitative estimate of drug-likeness (QED) is 0.623. The Labute approximate surface area is 186 Å². The summed E-state index contributed by atoms with van der Waals surface area (Å²) in [7, 11) is -3.88. The Morgan fingerprint density at radius 3 is 2.38 bits per heavy atom. The van der Waals surface area contributed by atoms with E-state index in [2.05, 4.69) is 15.1 Å². The summed E-state index contributed by atoms with van der Waals surface area (Å²) in [4.78, 5) is 24.6. The number of fused-ring (bicyclic) bond motifs is 1. The van der Waals surface area contributed by atoms with E-state index in [1.807, 2.05) is 19.9 Å². The fourth-order valence-corrected chi connectivity index (χ4v) is 5.07. The van der Waals surface area contributed by atoms with Crippen molar-refractivity contribution in [2.45, 2.75) is 45.4 Å². The normalized spacial score (nSPS) is 14.0. The van der Waals surface area contributed by atoms with Crippen LogP contribution in [0.3, 0.4) is 0 Å². The molecular weight excluding hydrogens is 428 g/mol. The predicted octanol–water partition coefficient (Wildman–Crippen LogP) is 3.96. The molecule has 3 aromatic rings. The van der Waals surface area contributed by atoms with Crippen molar-refractivity contribution in [1.29, 1.82) is 0 Å². The summed E-state index contributed by atoms with van der Waals surface area (Å²) < 4.78 is 30.3. The van der Waals surface area contributed by atoms with Crippen LogP contribution >= 0.6 is 0 Å². The molecule has 0 atom stereocenters. The molecule has 1 aromatic heterocycles. The minimum Gasteiger partial charge on any atom is -0.310 e. The lowest BCUT2D eigenvalue weighted by molar-refractivity contribution is -0.116. The first kappa shape index (κ1) is 21.8. The molecule has 32 heavy (non-hydrogen) atoms.